The molecule has 1 heterocycles. The van der Waals surface area contributed by atoms with E-state index in [1.165, 1.54) is 19.2 Å². The Bertz CT molecular complexity index is 1000. The van der Waals surface area contributed by atoms with Crippen molar-refractivity contribution in [3.8, 4) is 11.5 Å². The zero-order chi connectivity index (χ0) is 17.8. The van der Waals surface area contributed by atoms with Crippen LogP contribution in [0.4, 0.5) is 4.39 Å². The van der Waals surface area contributed by atoms with Crippen LogP contribution in [0.1, 0.15) is 11.1 Å². The first-order valence-electron chi connectivity index (χ1n) is 7.50. The van der Waals surface area contributed by atoms with Crippen LogP contribution in [0.3, 0.4) is 0 Å². The van der Waals surface area contributed by atoms with E-state index in [0.717, 1.165) is 11.1 Å². The maximum absolute atomic E-state index is 12.9. The number of nitrogens with one attached hydrogen (secondary N) is 1. The van der Waals surface area contributed by atoms with Gasteiger partial charge in [0, 0.05) is 0 Å². The van der Waals surface area contributed by atoms with Crippen LogP contribution in [-0.2, 0) is 6.61 Å². The number of aromatic nitrogens is 1. The van der Waals surface area contributed by atoms with Gasteiger partial charge in [0.2, 0.25) is 0 Å². The Morgan fingerprint density at radius 1 is 1.20 bits per heavy atom. The van der Waals surface area contributed by atoms with Crippen LogP contribution in [0.15, 0.2) is 51.8 Å². The average Bonchev–Trinajstić information content (AvgIpc) is 2.93. The van der Waals surface area contributed by atoms with Crippen molar-refractivity contribution in [2.75, 3.05) is 7.11 Å². The van der Waals surface area contributed by atoms with E-state index in [1.807, 2.05) is 0 Å². The van der Waals surface area contributed by atoms with Crippen LogP contribution >= 0.6 is 0 Å². The minimum Gasteiger partial charge on any atom is -0.493 e. The van der Waals surface area contributed by atoms with Crippen molar-refractivity contribution >= 4 is 12.7 Å². The third-order valence-corrected chi connectivity index (χ3v) is 3.62. The minimum atomic E-state index is -0.486. The Balaban J connectivity index is 1.85. The number of benzene rings is 2. The number of halogens is 1. The normalized spacial score (nSPS) is 11.5. The Labute approximate surface area is 142 Å². The Morgan fingerprint density at radius 2 is 1.96 bits per heavy atom. The van der Waals surface area contributed by atoms with Gasteiger partial charge in [-0.25, -0.2) is 14.3 Å². The fourth-order valence-corrected chi connectivity index (χ4v) is 2.29. The average molecular weight is 341 g/mol. The first kappa shape index (κ1) is 16.6. The summed E-state index contributed by atoms with van der Waals surface area (Å²) in [6, 6.07) is 11.3. The zero-order valence-electron chi connectivity index (χ0n) is 13.5. The highest BCUT2D eigenvalue weighted by Crippen LogP contribution is 2.29. The summed E-state index contributed by atoms with van der Waals surface area (Å²) in [5, 5.41) is 3.18. The van der Waals surface area contributed by atoms with Gasteiger partial charge < -0.3 is 14.0 Å². The molecule has 0 amide bonds. The summed E-state index contributed by atoms with van der Waals surface area (Å²) < 4.78 is 28.7. The van der Waals surface area contributed by atoms with Crippen molar-refractivity contribution in [3.05, 3.63) is 80.4 Å². The fraction of sp³-hybridized carbons (Fsp3) is 0.105. The molecule has 0 aliphatic carbocycles. The largest absolute Gasteiger partial charge is 0.493 e. The van der Waals surface area contributed by atoms with E-state index in [1.54, 1.807) is 36.4 Å². The molecule has 6 heteroatoms. The minimum absolute atomic E-state index is 0.282. The molecular formula is C19H16FNO4. The second kappa shape index (κ2) is 7.09. The maximum atomic E-state index is 12.9. The predicted octanol–water partition coefficient (Wildman–Crippen LogP) is 1.93. The molecule has 3 aromatic rings. The van der Waals surface area contributed by atoms with E-state index >= 15 is 0 Å². The van der Waals surface area contributed by atoms with E-state index in [9.17, 15) is 9.18 Å². The highest BCUT2D eigenvalue weighted by Gasteiger charge is 2.06. The Hall–Kier alpha value is -3.28. The number of aromatic amines is 1. The molecule has 0 aliphatic rings. The summed E-state index contributed by atoms with van der Waals surface area (Å²) in [6.45, 7) is 3.99. The van der Waals surface area contributed by atoms with Crippen LogP contribution in [0.5, 0.6) is 11.5 Å². The first-order chi connectivity index (χ1) is 12.1. The zero-order valence-corrected chi connectivity index (χ0v) is 13.5. The molecule has 5 nitrogen and oxygen atoms in total. The van der Waals surface area contributed by atoms with Gasteiger partial charge in [0.1, 0.15) is 12.4 Å². The van der Waals surface area contributed by atoms with Gasteiger partial charge in [0.05, 0.1) is 17.7 Å². The molecule has 128 valence electrons. The Morgan fingerprint density at radius 3 is 2.60 bits per heavy atom. The maximum Gasteiger partial charge on any atom is 0.365 e. The molecule has 0 saturated heterocycles. The van der Waals surface area contributed by atoms with Crippen LogP contribution in [0, 0.1) is 5.82 Å². The highest BCUT2D eigenvalue weighted by atomic mass is 19.1. The summed E-state index contributed by atoms with van der Waals surface area (Å²) >= 11 is 0. The van der Waals surface area contributed by atoms with Gasteiger partial charge in [-0.15, -0.1) is 0 Å². The topological polar surface area (TPSA) is 64.5 Å². The van der Waals surface area contributed by atoms with E-state index < -0.39 is 5.63 Å². The van der Waals surface area contributed by atoms with Gasteiger partial charge in [-0.3, -0.25) is 0 Å². The molecule has 1 N–H and O–H groups in total. The number of H-pyrrole nitrogens is 1. The van der Waals surface area contributed by atoms with E-state index in [2.05, 4.69) is 16.3 Å². The lowest BCUT2D eigenvalue weighted by Crippen LogP contribution is -2.31. The molecule has 25 heavy (non-hydrogen) atoms. The van der Waals surface area contributed by atoms with Crippen LogP contribution in [0.25, 0.3) is 12.7 Å². The third kappa shape index (κ3) is 3.80. The van der Waals surface area contributed by atoms with Gasteiger partial charge in [-0.05, 0) is 41.5 Å². The number of ether oxygens (including phenoxy) is 2. The number of hydrogen-bond donors (Lipinski definition) is 1. The summed E-state index contributed by atoms with van der Waals surface area (Å²) in [4.78, 5) is 11.6. The predicted molar refractivity (Wildman–Crippen MR) is 91.4 cm³/mol. The van der Waals surface area contributed by atoms with Gasteiger partial charge >= 0.3 is 5.63 Å². The molecule has 1 aromatic heterocycles. The molecule has 3 rings (SSSR count). The quantitative estimate of drug-likeness (QED) is 0.770. The SMILES string of the molecule is C=c1[nH]oc(=O)c1=Cc1ccc(OCc2ccc(F)cc2)c(OC)c1. The van der Waals surface area contributed by atoms with Crippen molar-refractivity contribution in [2.24, 2.45) is 0 Å². The summed E-state index contributed by atoms with van der Waals surface area (Å²) in [7, 11) is 1.53. The van der Waals surface area contributed by atoms with Crippen LogP contribution in [0.2, 0.25) is 0 Å². The van der Waals surface area contributed by atoms with Crippen LogP contribution < -0.4 is 25.7 Å². The molecule has 0 aliphatic heterocycles. The van der Waals surface area contributed by atoms with Gasteiger partial charge in [-0.1, -0.05) is 24.8 Å². The lowest BCUT2D eigenvalue weighted by molar-refractivity contribution is 0.284. The Kier molecular flexibility index (Phi) is 4.70. The molecular weight excluding hydrogens is 325 g/mol. The monoisotopic (exact) mass is 341 g/mol. The van der Waals surface area contributed by atoms with Crippen molar-refractivity contribution in [1.82, 2.24) is 5.16 Å². The third-order valence-electron chi connectivity index (χ3n) is 3.62. The second-order valence-corrected chi connectivity index (χ2v) is 5.35. The van der Waals surface area contributed by atoms with E-state index in [4.69, 9.17) is 9.47 Å². The van der Waals surface area contributed by atoms with Crippen LogP contribution in [-0.4, -0.2) is 12.3 Å². The standard InChI is InChI=1S/C19H16FNO4/c1-12-16(19(22)25-21-12)9-14-5-8-17(18(10-14)23-2)24-11-13-3-6-15(20)7-4-13/h3-10,21H,1,11H2,2H3. The number of hydrogen-bond acceptors (Lipinski definition) is 4. The summed E-state index contributed by atoms with van der Waals surface area (Å²) in [5.74, 6) is 0.765. The van der Waals surface area contributed by atoms with Gasteiger partial charge in [-0.2, -0.15) is 0 Å². The second-order valence-electron chi connectivity index (χ2n) is 5.35. The molecule has 0 unspecified atom stereocenters. The summed E-state index contributed by atoms with van der Waals surface area (Å²) in [5.41, 5.74) is 1.09. The molecule has 0 saturated carbocycles. The van der Waals surface area contributed by atoms with E-state index in [0.29, 0.717) is 22.1 Å². The smallest absolute Gasteiger partial charge is 0.365 e. The van der Waals surface area contributed by atoms with Crippen molar-refractivity contribution in [1.29, 1.82) is 0 Å². The van der Waals surface area contributed by atoms with E-state index in [-0.39, 0.29) is 12.4 Å². The first-order valence-corrected chi connectivity index (χ1v) is 7.50. The molecule has 0 spiro atoms. The highest BCUT2D eigenvalue weighted by molar-refractivity contribution is 5.55. The molecule has 2 aromatic carbocycles. The molecule has 0 radical (unpaired) electrons. The molecule has 0 atom stereocenters. The lowest BCUT2D eigenvalue weighted by atomic mass is 10.1. The van der Waals surface area contributed by atoms with Gasteiger partial charge in [0.15, 0.2) is 11.5 Å². The molecule has 0 fully saturated rings. The number of rotatable bonds is 5. The van der Waals surface area contributed by atoms with Crippen molar-refractivity contribution in [3.63, 3.8) is 0 Å². The van der Waals surface area contributed by atoms with Crippen molar-refractivity contribution < 1.29 is 18.4 Å². The molecule has 0 bridgehead atoms. The van der Waals surface area contributed by atoms with Crippen molar-refractivity contribution in [2.45, 2.75) is 6.61 Å². The number of methoxy groups -OCH3 is 1. The fourth-order valence-electron chi connectivity index (χ4n) is 2.29. The summed E-state index contributed by atoms with van der Waals surface area (Å²) in [6.07, 6.45) is 1.65. The lowest BCUT2D eigenvalue weighted by Gasteiger charge is -2.11. The van der Waals surface area contributed by atoms with Gasteiger partial charge in [0.25, 0.3) is 0 Å².